The fourth-order valence-electron chi connectivity index (χ4n) is 1.83. The number of hydrogen-bond acceptors (Lipinski definition) is 5. The zero-order chi connectivity index (χ0) is 15.5. The molecule has 0 amide bonds. The highest BCUT2D eigenvalue weighted by atomic mass is 32.2. The Hall–Kier alpha value is -1.20. The van der Waals surface area contributed by atoms with Crippen LogP contribution in [0.25, 0.3) is 0 Å². The zero-order valence-corrected chi connectivity index (χ0v) is 13.9. The van der Waals surface area contributed by atoms with Gasteiger partial charge < -0.3 is 14.8 Å². The number of ether oxygens (including phenoxy) is 2. The van der Waals surface area contributed by atoms with E-state index in [2.05, 4.69) is 24.4 Å². The lowest BCUT2D eigenvalue weighted by Crippen LogP contribution is -2.19. The van der Waals surface area contributed by atoms with E-state index in [1.807, 2.05) is 26.1 Å². The van der Waals surface area contributed by atoms with Crippen LogP contribution in [0, 0.1) is 0 Å². The number of thioether (sulfide) groups is 1. The quantitative estimate of drug-likeness (QED) is 0.673. The second-order valence-corrected chi connectivity index (χ2v) is 5.61. The summed E-state index contributed by atoms with van der Waals surface area (Å²) in [4.78, 5) is 11.3. The predicted molar refractivity (Wildman–Crippen MR) is 88.0 cm³/mol. The van der Waals surface area contributed by atoms with Crippen LogP contribution in [-0.4, -0.2) is 37.7 Å². The maximum atomic E-state index is 11.3. The molecular formula is C16H25NO3S. The van der Waals surface area contributed by atoms with Gasteiger partial charge in [0.05, 0.1) is 19.0 Å². The van der Waals surface area contributed by atoms with Gasteiger partial charge in [0.1, 0.15) is 5.75 Å². The van der Waals surface area contributed by atoms with Gasteiger partial charge in [-0.1, -0.05) is 19.1 Å². The van der Waals surface area contributed by atoms with Crippen LogP contribution < -0.4 is 10.1 Å². The van der Waals surface area contributed by atoms with Gasteiger partial charge in [-0.25, -0.2) is 0 Å². The molecule has 5 heteroatoms. The molecule has 21 heavy (non-hydrogen) atoms. The molecule has 0 heterocycles. The molecule has 1 atom stereocenters. The smallest absolute Gasteiger partial charge is 0.315 e. The first kappa shape index (κ1) is 17.9. The molecule has 1 rings (SSSR count). The van der Waals surface area contributed by atoms with Crippen molar-refractivity contribution in [3.63, 3.8) is 0 Å². The molecule has 0 fully saturated rings. The molecular weight excluding hydrogens is 286 g/mol. The molecule has 0 bridgehead atoms. The van der Waals surface area contributed by atoms with E-state index in [1.165, 1.54) is 5.56 Å². The average molecular weight is 311 g/mol. The Bertz CT molecular complexity index is 408. The summed E-state index contributed by atoms with van der Waals surface area (Å²) in [6.45, 7) is 5.09. The Morgan fingerprint density at radius 2 is 2.00 bits per heavy atom. The van der Waals surface area contributed by atoms with Gasteiger partial charge in [-0.2, -0.15) is 0 Å². The van der Waals surface area contributed by atoms with Crippen LogP contribution in [0.1, 0.15) is 31.9 Å². The molecule has 118 valence electrons. The van der Waals surface area contributed by atoms with Crippen LogP contribution in [0.15, 0.2) is 24.3 Å². The van der Waals surface area contributed by atoms with Crippen molar-refractivity contribution in [2.45, 2.75) is 26.3 Å². The summed E-state index contributed by atoms with van der Waals surface area (Å²) in [5, 5.41) is 3.27. The van der Waals surface area contributed by atoms with E-state index in [1.54, 1.807) is 11.8 Å². The summed E-state index contributed by atoms with van der Waals surface area (Å²) >= 11 is 1.58. The summed E-state index contributed by atoms with van der Waals surface area (Å²) in [6, 6.07) is 8.33. The lowest BCUT2D eigenvalue weighted by Gasteiger charge is -2.16. The van der Waals surface area contributed by atoms with Gasteiger partial charge in [0, 0.05) is 11.8 Å². The lowest BCUT2D eigenvalue weighted by molar-refractivity contribution is -0.139. The first-order valence-electron chi connectivity index (χ1n) is 7.34. The molecule has 0 saturated carbocycles. The number of esters is 1. The maximum Gasteiger partial charge on any atom is 0.315 e. The molecule has 1 aromatic carbocycles. The van der Waals surface area contributed by atoms with Gasteiger partial charge in [0.25, 0.3) is 0 Å². The van der Waals surface area contributed by atoms with E-state index in [-0.39, 0.29) is 12.0 Å². The summed E-state index contributed by atoms with van der Waals surface area (Å²) < 4.78 is 10.5. The molecule has 0 aromatic heterocycles. The minimum Gasteiger partial charge on any atom is -0.494 e. The monoisotopic (exact) mass is 311 g/mol. The second-order valence-electron chi connectivity index (χ2n) is 4.58. The topological polar surface area (TPSA) is 47.6 Å². The van der Waals surface area contributed by atoms with E-state index in [0.717, 1.165) is 24.5 Å². The van der Waals surface area contributed by atoms with Crippen molar-refractivity contribution >= 4 is 17.7 Å². The summed E-state index contributed by atoms with van der Waals surface area (Å²) in [6.07, 6.45) is 1.01. The van der Waals surface area contributed by atoms with Crippen molar-refractivity contribution in [3.8, 4) is 5.75 Å². The third-order valence-corrected chi connectivity index (χ3v) is 3.92. The Balaban J connectivity index is 2.45. The van der Waals surface area contributed by atoms with Crippen molar-refractivity contribution in [1.82, 2.24) is 5.32 Å². The van der Waals surface area contributed by atoms with Gasteiger partial charge in [-0.05, 0) is 38.1 Å². The van der Waals surface area contributed by atoms with Gasteiger partial charge in [-0.15, -0.1) is 11.8 Å². The minimum atomic E-state index is -0.152. The first-order valence-corrected chi connectivity index (χ1v) is 8.50. The van der Waals surface area contributed by atoms with Gasteiger partial charge in [0.2, 0.25) is 0 Å². The van der Waals surface area contributed by atoms with Crippen LogP contribution in [0.5, 0.6) is 5.75 Å². The lowest BCUT2D eigenvalue weighted by atomic mass is 10.1. The molecule has 0 aliphatic heterocycles. The molecule has 4 nitrogen and oxygen atoms in total. The molecule has 0 aliphatic carbocycles. The van der Waals surface area contributed by atoms with E-state index >= 15 is 0 Å². The fraction of sp³-hybridized carbons (Fsp3) is 0.562. The molecule has 0 spiro atoms. The number of carbonyl (C=O) groups is 1. The van der Waals surface area contributed by atoms with Crippen LogP contribution in [0.2, 0.25) is 0 Å². The highest BCUT2D eigenvalue weighted by Crippen LogP contribution is 2.21. The highest BCUT2D eigenvalue weighted by Gasteiger charge is 2.11. The number of hydrogen-bond donors (Lipinski definition) is 1. The summed E-state index contributed by atoms with van der Waals surface area (Å²) in [5.74, 6) is 1.96. The zero-order valence-electron chi connectivity index (χ0n) is 13.1. The van der Waals surface area contributed by atoms with E-state index < -0.39 is 0 Å². The Morgan fingerprint density at radius 1 is 1.29 bits per heavy atom. The number of benzene rings is 1. The number of carbonyl (C=O) groups excluding carboxylic acids is 1. The SMILES string of the molecule is CCCOc1ccc(C(CSCC(=O)OCC)NC)cc1. The van der Waals surface area contributed by atoms with Gasteiger partial charge in [0.15, 0.2) is 0 Å². The van der Waals surface area contributed by atoms with E-state index in [4.69, 9.17) is 9.47 Å². The van der Waals surface area contributed by atoms with Crippen molar-refractivity contribution in [2.75, 3.05) is 31.8 Å². The van der Waals surface area contributed by atoms with Crippen molar-refractivity contribution in [3.05, 3.63) is 29.8 Å². The molecule has 0 saturated heterocycles. The molecule has 1 aromatic rings. The van der Waals surface area contributed by atoms with E-state index in [9.17, 15) is 4.79 Å². The Kier molecular flexibility index (Phi) is 8.94. The van der Waals surface area contributed by atoms with Crippen molar-refractivity contribution < 1.29 is 14.3 Å². The molecule has 1 unspecified atom stereocenters. The van der Waals surface area contributed by atoms with Crippen LogP contribution in [0.3, 0.4) is 0 Å². The van der Waals surface area contributed by atoms with Gasteiger partial charge >= 0.3 is 5.97 Å². The predicted octanol–water partition coefficient (Wildman–Crippen LogP) is 3.03. The van der Waals surface area contributed by atoms with Crippen LogP contribution in [0.4, 0.5) is 0 Å². The fourth-order valence-corrected chi connectivity index (χ4v) is 2.79. The summed E-state index contributed by atoms with van der Waals surface area (Å²) in [7, 11) is 1.93. The minimum absolute atomic E-state index is 0.152. The number of nitrogens with one attached hydrogen (secondary N) is 1. The second kappa shape index (κ2) is 10.5. The third-order valence-electron chi connectivity index (χ3n) is 2.91. The van der Waals surface area contributed by atoms with Crippen molar-refractivity contribution in [2.24, 2.45) is 0 Å². The van der Waals surface area contributed by atoms with Crippen molar-refractivity contribution in [1.29, 1.82) is 0 Å². The molecule has 1 N–H and O–H groups in total. The van der Waals surface area contributed by atoms with Gasteiger partial charge in [-0.3, -0.25) is 4.79 Å². The highest BCUT2D eigenvalue weighted by molar-refractivity contribution is 7.99. The average Bonchev–Trinajstić information content (AvgIpc) is 2.50. The number of rotatable bonds is 10. The Labute approximate surface area is 131 Å². The molecule has 0 radical (unpaired) electrons. The third kappa shape index (κ3) is 6.87. The standard InChI is InChI=1S/C16H25NO3S/c1-4-10-20-14-8-6-13(7-9-14)15(17-3)11-21-12-16(18)19-5-2/h6-9,15,17H,4-5,10-12H2,1-3H3. The maximum absolute atomic E-state index is 11.3. The first-order chi connectivity index (χ1) is 10.2. The Morgan fingerprint density at radius 3 is 2.57 bits per heavy atom. The van der Waals surface area contributed by atoms with Crippen LogP contribution in [-0.2, 0) is 9.53 Å². The van der Waals surface area contributed by atoms with E-state index in [0.29, 0.717) is 12.4 Å². The normalized spacial score (nSPS) is 12.0. The largest absolute Gasteiger partial charge is 0.494 e. The summed E-state index contributed by atoms with van der Waals surface area (Å²) in [5.41, 5.74) is 1.19. The molecule has 0 aliphatic rings. The van der Waals surface area contributed by atoms with Crippen LogP contribution >= 0.6 is 11.8 Å².